The lowest BCUT2D eigenvalue weighted by atomic mass is 9.90. The first kappa shape index (κ1) is 10.5. The van der Waals surface area contributed by atoms with Crippen LogP contribution in [0.25, 0.3) is 0 Å². The lowest BCUT2D eigenvalue weighted by Crippen LogP contribution is -2.51. The summed E-state index contributed by atoms with van der Waals surface area (Å²) in [7, 11) is 0. The van der Waals surface area contributed by atoms with E-state index in [1.165, 1.54) is 19.3 Å². The van der Waals surface area contributed by atoms with E-state index in [0.717, 1.165) is 13.0 Å². The molecule has 2 N–H and O–H groups in total. The molecule has 0 heterocycles. The van der Waals surface area contributed by atoms with E-state index < -0.39 is 0 Å². The van der Waals surface area contributed by atoms with E-state index in [4.69, 9.17) is 0 Å². The smallest absolute Gasteiger partial charge is 0.217 e. The predicted molar refractivity (Wildman–Crippen MR) is 53.5 cm³/mol. The van der Waals surface area contributed by atoms with Gasteiger partial charge in [-0.05, 0) is 19.4 Å². The van der Waals surface area contributed by atoms with E-state index in [9.17, 15) is 4.79 Å². The van der Waals surface area contributed by atoms with Crippen molar-refractivity contribution >= 4 is 5.91 Å². The molecule has 1 aliphatic carbocycles. The number of likely N-dealkylation sites (N-methyl/N-ethyl adjacent to an activating group) is 1. The molecule has 3 nitrogen and oxygen atoms in total. The quantitative estimate of drug-likeness (QED) is 0.688. The van der Waals surface area contributed by atoms with E-state index in [0.29, 0.717) is 12.1 Å². The average Bonchev–Trinajstić information content (AvgIpc) is 2.08. The summed E-state index contributed by atoms with van der Waals surface area (Å²) in [4.78, 5) is 10.9. The lowest BCUT2D eigenvalue weighted by Gasteiger charge is -2.32. The van der Waals surface area contributed by atoms with Crippen molar-refractivity contribution in [3.8, 4) is 0 Å². The highest BCUT2D eigenvalue weighted by Gasteiger charge is 2.24. The summed E-state index contributed by atoms with van der Waals surface area (Å²) in [6, 6.07) is 0.842. The Morgan fingerprint density at radius 2 is 1.92 bits per heavy atom. The summed E-state index contributed by atoms with van der Waals surface area (Å²) in [5.41, 5.74) is 0. The van der Waals surface area contributed by atoms with Crippen molar-refractivity contribution in [1.29, 1.82) is 0 Å². The third-order valence-electron chi connectivity index (χ3n) is 2.62. The Morgan fingerprint density at radius 3 is 2.46 bits per heavy atom. The Hall–Kier alpha value is -0.570. The maximum Gasteiger partial charge on any atom is 0.217 e. The lowest BCUT2D eigenvalue weighted by molar-refractivity contribution is -0.120. The molecule has 3 heteroatoms. The van der Waals surface area contributed by atoms with Crippen molar-refractivity contribution < 1.29 is 4.79 Å². The van der Waals surface area contributed by atoms with Crippen LogP contribution in [0.5, 0.6) is 0 Å². The zero-order valence-corrected chi connectivity index (χ0v) is 8.60. The van der Waals surface area contributed by atoms with Gasteiger partial charge in [-0.3, -0.25) is 4.79 Å². The fraction of sp³-hybridized carbons (Fsp3) is 0.900. The number of hydrogen-bond donors (Lipinski definition) is 2. The fourth-order valence-electron chi connectivity index (χ4n) is 2.07. The highest BCUT2D eigenvalue weighted by Crippen LogP contribution is 2.18. The SMILES string of the molecule is CCN[C@H]1CCCC[C@@H]1NC(C)=O. The summed E-state index contributed by atoms with van der Waals surface area (Å²) in [5.74, 6) is 0.0924. The second-order valence-electron chi connectivity index (χ2n) is 3.76. The van der Waals surface area contributed by atoms with Gasteiger partial charge in [0.05, 0.1) is 0 Å². The van der Waals surface area contributed by atoms with Gasteiger partial charge in [0.2, 0.25) is 5.91 Å². The molecule has 0 unspecified atom stereocenters. The molecule has 0 aromatic rings. The van der Waals surface area contributed by atoms with E-state index in [-0.39, 0.29) is 5.91 Å². The van der Waals surface area contributed by atoms with E-state index >= 15 is 0 Å². The molecule has 1 rings (SSSR count). The second-order valence-corrected chi connectivity index (χ2v) is 3.76. The predicted octanol–water partition coefficient (Wildman–Crippen LogP) is 1.04. The van der Waals surface area contributed by atoms with Gasteiger partial charge in [0.25, 0.3) is 0 Å². The van der Waals surface area contributed by atoms with Crippen LogP contribution in [0.2, 0.25) is 0 Å². The van der Waals surface area contributed by atoms with E-state index in [1.54, 1.807) is 6.92 Å². The van der Waals surface area contributed by atoms with Gasteiger partial charge >= 0.3 is 0 Å². The Bertz CT molecular complexity index is 168. The number of carbonyl (C=O) groups is 1. The largest absolute Gasteiger partial charge is 0.352 e. The molecule has 1 fully saturated rings. The Labute approximate surface area is 80.3 Å². The standard InChI is InChI=1S/C10H20N2O/c1-3-11-9-6-4-5-7-10(9)12-8(2)13/h9-11H,3-7H2,1-2H3,(H,12,13)/t9-,10-/m0/s1. The highest BCUT2D eigenvalue weighted by atomic mass is 16.1. The van der Waals surface area contributed by atoms with Gasteiger partial charge in [-0.25, -0.2) is 0 Å². The normalized spacial score (nSPS) is 28.5. The van der Waals surface area contributed by atoms with Crippen LogP contribution in [0.1, 0.15) is 39.5 Å². The van der Waals surface area contributed by atoms with Gasteiger partial charge in [-0.15, -0.1) is 0 Å². The molecular formula is C10H20N2O. The van der Waals surface area contributed by atoms with Crippen LogP contribution < -0.4 is 10.6 Å². The molecule has 0 bridgehead atoms. The minimum atomic E-state index is 0.0924. The van der Waals surface area contributed by atoms with Crippen molar-refractivity contribution in [2.45, 2.75) is 51.6 Å². The van der Waals surface area contributed by atoms with Crippen LogP contribution in [-0.2, 0) is 4.79 Å². The summed E-state index contributed by atoms with van der Waals surface area (Å²) in [5, 5.41) is 6.44. The molecule has 0 spiro atoms. The van der Waals surface area contributed by atoms with Gasteiger partial charge in [-0.1, -0.05) is 19.8 Å². The van der Waals surface area contributed by atoms with Crippen molar-refractivity contribution in [3.05, 3.63) is 0 Å². The fourth-order valence-corrected chi connectivity index (χ4v) is 2.07. The summed E-state index contributed by atoms with van der Waals surface area (Å²) < 4.78 is 0. The first-order chi connectivity index (χ1) is 6.24. The van der Waals surface area contributed by atoms with Crippen LogP contribution in [0.3, 0.4) is 0 Å². The number of nitrogens with one attached hydrogen (secondary N) is 2. The summed E-state index contributed by atoms with van der Waals surface area (Å²) in [6.45, 7) is 4.69. The number of amides is 1. The molecule has 0 aromatic carbocycles. The summed E-state index contributed by atoms with van der Waals surface area (Å²) in [6.07, 6.45) is 4.84. The first-order valence-corrected chi connectivity index (χ1v) is 5.24. The van der Waals surface area contributed by atoms with Gasteiger partial charge in [0.15, 0.2) is 0 Å². The minimum absolute atomic E-state index is 0.0924. The topological polar surface area (TPSA) is 41.1 Å². The third kappa shape index (κ3) is 3.35. The molecule has 1 amide bonds. The Kier molecular flexibility index (Phi) is 4.22. The van der Waals surface area contributed by atoms with Crippen molar-refractivity contribution in [2.24, 2.45) is 0 Å². The molecule has 76 valence electrons. The van der Waals surface area contributed by atoms with Crippen molar-refractivity contribution in [1.82, 2.24) is 10.6 Å². The summed E-state index contributed by atoms with van der Waals surface area (Å²) >= 11 is 0. The molecule has 0 aromatic heterocycles. The average molecular weight is 184 g/mol. The number of hydrogen-bond acceptors (Lipinski definition) is 2. The molecule has 2 atom stereocenters. The highest BCUT2D eigenvalue weighted by molar-refractivity contribution is 5.73. The van der Waals surface area contributed by atoms with Gasteiger partial charge in [-0.2, -0.15) is 0 Å². The maximum atomic E-state index is 10.9. The van der Waals surface area contributed by atoms with Crippen molar-refractivity contribution in [3.63, 3.8) is 0 Å². The monoisotopic (exact) mass is 184 g/mol. The molecule has 0 radical (unpaired) electrons. The van der Waals surface area contributed by atoms with Crippen LogP contribution in [0.15, 0.2) is 0 Å². The van der Waals surface area contributed by atoms with Crippen molar-refractivity contribution in [2.75, 3.05) is 6.54 Å². The second kappa shape index (κ2) is 5.22. The van der Waals surface area contributed by atoms with Gasteiger partial charge < -0.3 is 10.6 Å². The molecule has 0 saturated heterocycles. The molecule has 1 aliphatic rings. The number of rotatable bonds is 3. The van der Waals surface area contributed by atoms with E-state index in [1.807, 2.05) is 0 Å². The Morgan fingerprint density at radius 1 is 1.31 bits per heavy atom. The maximum absolute atomic E-state index is 10.9. The van der Waals surface area contributed by atoms with Crippen LogP contribution in [0, 0.1) is 0 Å². The number of carbonyl (C=O) groups excluding carboxylic acids is 1. The molecular weight excluding hydrogens is 164 g/mol. The minimum Gasteiger partial charge on any atom is -0.352 e. The molecule has 1 saturated carbocycles. The first-order valence-electron chi connectivity index (χ1n) is 5.24. The zero-order chi connectivity index (χ0) is 9.68. The Balaban J connectivity index is 2.41. The van der Waals surface area contributed by atoms with Gasteiger partial charge in [0, 0.05) is 19.0 Å². The van der Waals surface area contributed by atoms with Crippen LogP contribution >= 0.6 is 0 Å². The van der Waals surface area contributed by atoms with E-state index in [2.05, 4.69) is 17.6 Å². The molecule has 0 aliphatic heterocycles. The molecule has 13 heavy (non-hydrogen) atoms. The van der Waals surface area contributed by atoms with Gasteiger partial charge in [0.1, 0.15) is 0 Å². The third-order valence-corrected chi connectivity index (χ3v) is 2.62. The van der Waals surface area contributed by atoms with Crippen LogP contribution in [-0.4, -0.2) is 24.5 Å². The zero-order valence-electron chi connectivity index (χ0n) is 8.60. The van der Waals surface area contributed by atoms with Crippen LogP contribution in [0.4, 0.5) is 0 Å².